The molecule has 1 aliphatic carbocycles. The summed E-state index contributed by atoms with van der Waals surface area (Å²) in [5, 5.41) is 13.0. The van der Waals surface area contributed by atoms with Crippen LogP contribution in [0.1, 0.15) is 58.8 Å². The van der Waals surface area contributed by atoms with Crippen LogP contribution in [0, 0.1) is 5.41 Å². The summed E-state index contributed by atoms with van der Waals surface area (Å²) in [5.74, 6) is 0. The van der Waals surface area contributed by atoms with Gasteiger partial charge in [-0.3, -0.25) is 0 Å². The molecule has 0 aromatic carbocycles. The van der Waals surface area contributed by atoms with Crippen molar-refractivity contribution in [1.29, 1.82) is 0 Å². The highest BCUT2D eigenvalue weighted by atomic mass is 16.3. The topological polar surface area (TPSA) is 32.3 Å². The van der Waals surface area contributed by atoms with Crippen molar-refractivity contribution >= 4 is 0 Å². The molecule has 1 atom stereocenters. The van der Waals surface area contributed by atoms with Crippen LogP contribution >= 0.6 is 0 Å². The summed E-state index contributed by atoms with van der Waals surface area (Å²) in [7, 11) is 0. The second-order valence-electron chi connectivity index (χ2n) is 5.39. The molecular formula is C13H27NO. The first-order valence-electron chi connectivity index (χ1n) is 6.54. The molecule has 90 valence electrons. The average Bonchev–Trinajstić information content (AvgIpc) is 2.54. The van der Waals surface area contributed by atoms with E-state index in [1.54, 1.807) is 0 Å². The molecule has 1 aliphatic rings. The SMILES string of the molecule is CCC(C)(CO)CNC1CCCCCC1. The van der Waals surface area contributed by atoms with Crippen molar-refractivity contribution in [2.45, 2.75) is 64.8 Å². The fourth-order valence-electron chi connectivity index (χ4n) is 2.17. The molecule has 2 nitrogen and oxygen atoms in total. The third-order valence-electron chi connectivity index (χ3n) is 3.91. The molecule has 0 aromatic rings. The summed E-state index contributed by atoms with van der Waals surface area (Å²) < 4.78 is 0. The van der Waals surface area contributed by atoms with Gasteiger partial charge in [0.2, 0.25) is 0 Å². The van der Waals surface area contributed by atoms with Crippen LogP contribution in [0.25, 0.3) is 0 Å². The van der Waals surface area contributed by atoms with Crippen molar-refractivity contribution in [3.8, 4) is 0 Å². The van der Waals surface area contributed by atoms with E-state index in [2.05, 4.69) is 19.2 Å². The van der Waals surface area contributed by atoms with Gasteiger partial charge in [0, 0.05) is 24.6 Å². The van der Waals surface area contributed by atoms with Gasteiger partial charge in [-0.2, -0.15) is 0 Å². The fourth-order valence-corrected chi connectivity index (χ4v) is 2.17. The molecule has 0 saturated heterocycles. The normalized spacial score (nSPS) is 23.4. The van der Waals surface area contributed by atoms with E-state index in [-0.39, 0.29) is 5.41 Å². The number of aliphatic hydroxyl groups excluding tert-OH is 1. The Balaban J connectivity index is 2.27. The van der Waals surface area contributed by atoms with Crippen LogP contribution in [-0.2, 0) is 0 Å². The predicted molar refractivity (Wildman–Crippen MR) is 65.0 cm³/mol. The first-order chi connectivity index (χ1) is 7.20. The van der Waals surface area contributed by atoms with Crippen molar-refractivity contribution in [3.05, 3.63) is 0 Å². The van der Waals surface area contributed by atoms with Crippen molar-refractivity contribution in [2.24, 2.45) is 5.41 Å². The van der Waals surface area contributed by atoms with Crippen molar-refractivity contribution in [2.75, 3.05) is 13.2 Å². The van der Waals surface area contributed by atoms with E-state index in [1.165, 1.54) is 38.5 Å². The Labute approximate surface area is 94.5 Å². The highest BCUT2D eigenvalue weighted by Gasteiger charge is 2.22. The number of hydrogen-bond donors (Lipinski definition) is 2. The molecule has 1 rings (SSSR count). The Morgan fingerprint density at radius 3 is 2.27 bits per heavy atom. The lowest BCUT2D eigenvalue weighted by atomic mass is 9.88. The number of nitrogens with one attached hydrogen (secondary N) is 1. The maximum absolute atomic E-state index is 9.33. The molecule has 2 N–H and O–H groups in total. The van der Waals surface area contributed by atoms with Gasteiger partial charge in [0.05, 0.1) is 0 Å². The summed E-state index contributed by atoms with van der Waals surface area (Å²) in [6.45, 7) is 5.58. The molecule has 0 heterocycles. The first-order valence-corrected chi connectivity index (χ1v) is 6.54. The summed E-state index contributed by atoms with van der Waals surface area (Å²) >= 11 is 0. The average molecular weight is 213 g/mol. The lowest BCUT2D eigenvalue weighted by molar-refractivity contribution is 0.130. The molecule has 1 saturated carbocycles. The van der Waals surface area contributed by atoms with Crippen LogP contribution in [0.4, 0.5) is 0 Å². The van der Waals surface area contributed by atoms with E-state index in [9.17, 15) is 5.11 Å². The van der Waals surface area contributed by atoms with Gasteiger partial charge in [-0.25, -0.2) is 0 Å². The standard InChI is InChI=1S/C13H27NO/c1-3-13(2,11-15)10-14-12-8-6-4-5-7-9-12/h12,14-15H,3-11H2,1-2H3. The Morgan fingerprint density at radius 2 is 1.80 bits per heavy atom. The Bertz CT molecular complexity index is 158. The minimum absolute atomic E-state index is 0.0757. The van der Waals surface area contributed by atoms with Crippen LogP contribution in [-0.4, -0.2) is 24.3 Å². The maximum Gasteiger partial charge on any atom is 0.0496 e. The first kappa shape index (κ1) is 13.0. The molecule has 15 heavy (non-hydrogen) atoms. The summed E-state index contributed by atoms with van der Waals surface area (Å²) in [4.78, 5) is 0. The van der Waals surface area contributed by atoms with E-state index in [1.807, 2.05) is 0 Å². The highest BCUT2D eigenvalue weighted by Crippen LogP contribution is 2.21. The molecular weight excluding hydrogens is 186 g/mol. The number of rotatable bonds is 5. The number of aliphatic hydroxyl groups is 1. The van der Waals surface area contributed by atoms with Crippen molar-refractivity contribution in [3.63, 3.8) is 0 Å². The highest BCUT2D eigenvalue weighted by molar-refractivity contribution is 4.78. The molecule has 1 unspecified atom stereocenters. The van der Waals surface area contributed by atoms with Gasteiger partial charge in [0.25, 0.3) is 0 Å². The van der Waals surface area contributed by atoms with E-state index < -0.39 is 0 Å². The van der Waals surface area contributed by atoms with E-state index in [4.69, 9.17) is 0 Å². The lowest BCUT2D eigenvalue weighted by Gasteiger charge is -2.28. The minimum atomic E-state index is 0.0757. The smallest absolute Gasteiger partial charge is 0.0496 e. The van der Waals surface area contributed by atoms with Crippen LogP contribution < -0.4 is 5.32 Å². The number of hydrogen-bond acceptors (Lipinski definition) is 2. The largest absolute Gasteiger partial charge is 0.396 e. The van der Waals surface area contributed by atoms with Gasteiger partial charge >= 0.3 is 0 Å². The van der Waals surface area contributed by atoms with Gasteiger partial charge < -0.3 is 10.4 Å². The van der Waals surface area contributed by atoms with Crippen LogP contribution in [0.15, 0.2) is 0 Å². The van der Waals surface area contributed by atoms with Crippen LogP contribution in [0.3, 0.4) is 0 Å². The zero-order valence-corrected chi connectivity index (χ0v) is 10.4. The minimum Gasteiger partial charge on any atom is -0.396 e. The monoisotopic (exact) mass is 213 g/mol. The van der Waals surface area contributed by atoms with Crippen molar-refractivity contribution in [1.82, 2.24) is 5.32 Å². The lowest BCUT2D eigenvalue weighted by Crippen LogP contribution is -2.39. The second kappa shape index (κ2) is 6.49. The van der Waals surface area contributed by atoms with Crippen molar-refractivity contribution < 1.29 is 5.11 Å². The molecule has 0 aliphatic heterocycles. The van der Waals surface area contributed by atoms with E-state index in [0.717, 1.165) is 13.0 Å². The quantitative estimate of drug-likeness (QED) is 0.688. The third-order valence-corrected chi connectivity index (χ3v) is 3.91. The summed E-state index contributed by atoms with van der Waals surface area (Å²) in [5.41, 5.74) is 0.0757. The fraction of sp³-hybridized carbons (Fsp3) is 1.00. The van der Waals surface area contributed by atoms with E-state index >= 15 is 0 Å². The zero-order chi connectivity index (χ0) is 11.1. The predicted octanol–water partition coefficient (Wildman–Crippen LogP) is 2.71. The second-order valence-corrected chi connectivity index (χ2v) is 5.39. The van der Waals surface area contributed by atoms with Gasteiger partial charge in [-0.15, -0.1) is 0 Å². The van der Waals surface area contributed by atoms with E-state index in [0.29, 0.717) is 12.6 Å². The Hall–Kier alpha value is -0.0800. The molecule has 0 bridgehead atoms. The van der Waals surface area contributed by atoms with Gasteiger partial charge in [0.1, 0.15) is 0 Å². The molecule has 0 aromatic heterocycles. The van der Waals surface area contributed by atoms with Crippen LogP contribution in [0.5, 0.6) is 0 Å². The molecule has 1 fully saturated rings. The maximum atomic E-state index is 9.33. The molecule has 0 spiro atoms. The summed E-state index contributed by atoms with van der Waals surface area (Å²) in [6.07, 6.45) is 9.26. The third kappa shape index (κ3) is 4.52. The van der Waals surface area contributed by atoms with Gasteiger partial charge in [-0.1, -0.05) is 39.5 Å². The zero-order valence-electron chi connectivity index (χ0n) is 10.4. The van der Waals surface area contributed by atoms with Gasteiger partial charge in [0.15, 0.2) is 0 Å². The van der Waals surface area contributed by atoms with Crippen LogP contribution in [0.2, 0.25) is 0 Å². The van der Waals surface area contributed by atoms with Gasteiger partial charge in [-0.05, 0) is 19.3 Å². The molecule has 0 radical (unpaired) electrons. The Morgan fingerprint density at radius 1 is 1.20 bits per heavy atom. The molecule has 2 heteroatoms. The Kier molecular flexibility index (Phi) is 5.62. The molecule has 0 amide bonds. The summed E-state index contributed by atoms with van der Waals surface area (Å²) in [6, 6.07) is 0.699.